The molecule has 6 heteroatoms. The van der Waals surface area contributed by atoms with Crippen LogP contribution in [0.3, 0.4) is 0 Å². The van der Waals surface area contributed by atoms with Gasteiger partial charge in [-0.15, -0.1) is 0 Å². The number of esters is 1. The van der Waals surface area contributed by atoms with Crippen molar-refractivity contribution < 1.29 is 22.4 Å². The third-order valence-electron chi connectivity index (χ3n) is 5.81. The van der Waals surface area contributed by atoms with Crippen molar-refractivity contribution in [2.45, 2.75) is 0 Å². The maximum Gasteiger partial charge on any atom is 0.453 e. The summed E-state index contributed by atoms with van der Waals surface area (Å²) in [6.45, 7) is 0. The zero-order valence-electron chi connectivity index (χ0n) is 18.2. The molecule has 0 fully saturated rings. The summed E-state index contributed by atoms with van der Waals surface area (Å²) >= 11 is 0. The van der Waals surface area contributed by atoms with E-state index in [-0.39, 0.29) is 0 Å². The van der Waals surface area contributed by atoms with E-state index in [1.807, 2.05) is 48.5 Å². The first-order valence-corrected chi connectivity index (χ1v) is 11.9. The molecule has 0 unspecified atom stereocenters. The largest absolute Gasteiger partial charge is 0.465 e. The highest BCUT2D eigenvalue weighted by molar-refractivity contribution is 7.32. The Morgan fingerprint density at radius 2 is 1.29 bits per heavy atom. The molecule has 0 atom stereocenters. The maximum absolute atomic E-state index is 12.0. The molecule has 6 aromatic rings. The lowest BCUT2D eigenvalue weighted by Crippen LogP contribution is -2.00. The van der Waals surface area contributed by atoms with E-state index in [9.17, 15) is 4.79 Å². The molecule has 0 amide bonds. The third-order valence-corrected chi connectivity index (χ3v) is 6.86. The van der Waals surface area contributed by atoms with Gasteiger partial charge >= 0.3 is 14.2 Å². The van der Waals surface area contributed by atoms with E-state index < -0.39 is 14.2 Å². The number of fused-ring (bicyclic) bond motifs is 7. The summed E-state index contributed by atoms with van der Waals surface area (Å²) in [5.41, 5.74) is 1.76. The van der Waals surface area contributed by atoms with Crippen LogP contribution in [0.5, 0.6) is 5.75 Å². The molecule has 34 heavy (non-hydrogen) atoms. The number of hydrogen-bond acceptors (Lipinski definition) is 5. The van der Waals surface area contributed by atoms with Gasteiger partial charge in [0.1, 0.15) is 16.9 Å². The van der Waals surface area contributed by atoms with Crippen LogP contribution < -0.4 is 4.52 Å². The van der Waals surface area contributed by atoms with Crippen molar-refractivity contribution in [3.05, 3.63) is 103 Å². The second kappa shape index (κ2) is 8.29. The molecule has 5 aromatic carbocycles. The molecule has 0 saturated carbocycles. The number of hydrogen-bond donors (Lipinski definition) is 0. The minimum atomic E-state index is -1.85. The molecule has 5 nitrogen and oxygen atoms in total. The summed E-state index contributed by atoms with van der Waals surface area (Å²) in [5.74, 6) is 0.0233. The first kappa shape index (κ1) is 20.4. The Hall–Kier alpha value is -4.21. The lowest BCUT2D eigenvalue weighted by atomic mass is 9.99. The van der Waals surface area contributed by atoms with Crippen LogP contribution in [0.1, 0.15) is 10.4 Å². The molecule has 0 N–H and O–H groups in total. The molecular formula is C28H19O5P. The van der Waals surface area contributed by atoms with Gasteiger partial charge in [0.2, 0.25) is 0 Å². The fourth-order valence-corrected chi connectivity index (χ4v) is 5.29. The molecule has 0 aliphatic rings. The van der Waals surface area contributed by atoms with Gasteiger partial charge in [-0.2, -0.15) is 0 Å². The van der Waals surface area contributed by atoms with Gasteiger partial charge < -0.3 is 17.7 Å². The highest BCUT2D eigenvalue weighted by Crippen LogP contribution is 2.41. The molecular weight excluding hydrogens is 447 g/mol. The predicted molar refractivity (Wildman–Crippen MR) is 135 cm³/mol. The van der Waals surface area contributed by atoms with Crippen LogP contribution in [0.25, 0.3) is 43.5 Å². The SMILES string of the molecule is COC(=O)c1cccc(Op2oc3ccc4ccccc4c3c3c(ccc4ccccc43)o2)c1. The second-order valence-electron chi connectivity index (χ2n) is 7.84. The molecule has 0 aliphatic heterocycles. The monoisotopic (exact) mass is 466 g/mol. The maximum atomic E-state index is 12.0. The summed E-state index contributed by atoms with van der Waals surface area (Å²) in [7, 11) is -0.499. The molecule has 6 rings (SSSR count). The molecule has 1 heterocycles. The smallest absolute Gasteiger partial charge is 0.453 e. The fraction of sp³-hybridized carbons (Fsp3) is 0.0357. The number of rotatable bonds is 3. The van der Waals surface area contributed by atoms with Gasteiger partial charge in [0, 0.05) is 10.8 Å². The Morgan fingerprint density at radius 1 is 0.706 bits per heavy atom. The molecule has 0 saturated heterocycles. The summed E-state index contributed by atoms with van der Waals surface area (Å²) in [4.78, 5) is 12.0. The van der Waals surface area contributed by atoms with Gasteiger partial charge in [-0.1, -0.05) is 66.7 Å². The van der Waals surface area contributed by atoms with E-state index in [0.29, 0.717) is 22.5 Å². The second-order valence-corrected chi connectivity index (χ2v) is 8.83. The van der Waals surface area contributed by atoms with Crippen LogP contribution in [0.4, 0.5) is 0 Å². The Morgan fingerprint density at radius 3 is 1.88 bits per heavy atom. The van der Waals surface area contributed by atoms with Crippen molar-refractivity contribution in [1.29, 1.82) is 0 Å². The quantitative estimate of drug-likeness (QED) is 0.246. The summed E-state index contributed by atoms with van der Waals surface area (Å²) < 4.78 is 23.6. The number of methoxy groups -OCH3 is 1. The molecule has 1 aromatic heterocycles. The van der Waals surface area contributed by atoms with Crippen LogP contribution in [0, 0.1) is 0 Å². The Balaban J connectivity index is 1.68. The number of ether oxygens (including phenoxy) is 1. The van der Waals surface area contributed by atoms with Gasteiger partial charge in [-0.25, -0.2) is 4.79 Å². The van der Waals surface area contributed by atoms with E-state index in [2.05, 4.69) is 24.3 Å². The minimum absolute atomic E-state index is 0.391. The highest BCUT2D eigenvalue weighted by Gasteiger charge is 2.14. The average molecular weight is 466 g/mol. The highest BCUT2D eigenvalue weighted by atomic mass is 31.1. The van der Waals surface area contributed by atoms with Crippen LogP contribution in [-0.2, 0) is 4.74 Å². The number of carbonyl (C=O) groups excluding carboxylic acids is 1. The zero-order valence-corrected chi connectivity index (χ0v) is 19.1. The van der Waals surface area contributed by atoms with Crippen molar-refractivity contribution >= 4 is 57.7 Å². The average Bonchev–Trinajstić information content (AvgIpc) is 3.05. The molecule has 166 valence electrons. The Bertz CT molecular complexity index is 1650. The van der Waals surface area contributed by atoms with Crippen molar-refractivity contribution in [1.82, 2.24) is 0 Å². The zero-order chi connectivity index (χ0) is 23.1. The van der Waals surface area contributed by atoms with E-state index in [0.717, 1.165) is 32.3 Å². The van der Waals surface area contributed by atoms with Crippen LogP contribution >= 0.6 is 8.24 Å². The van der Waals surface area contributed by atoms with Gasteiger partial charge in [-0.05, 0) is 51.9 Å². The Kier molecular flexibility index (Phi) is 4.97. The van der Waals surface area contributed by atoms with Crippen molar-refractivity contribution in [2.24, 2.45) is 0 Å². The summed E-state index contributed by atoms with van der Waals surface area (Å²) in [5, 5.41) is 6.32. The van der Waals surface area contributed by atoms with E-state index in [1.54, 1.807) is 24.3 Å². The van der Waals surface area contributed by atoms with Gasteiger partial charge in [-0.3, -0.25) is 0 Å². The van der Waals surface area contributed by atoms with E-state index in [4.69, 9.17) is 17.7 Å². The van der Waals surface area contributed by atoms with Crippen molar-refractivity contribution in [2.75, 3.05) is 7.11 Å². The normalized spacial score (nSPS) is 11.2. The fourth-order valence-electron chi connectivity index (χ4n) is 4.27. The lowest BCUT2D eigenvalue weighted by Gasteiger charge is -2.05. The van der Waals surface area contributed by atoms with E-state index in [1.165, 1.54) is 7.11 Å². The van der Waals surface area contributed by atoms with Crippen LogP contribution in [0.2, 0.25) is 0 Å². The predicted octanol–water partition coefficient (Wildman–Crippen LogP) is 8.23. The molecule has 0 radical (unpaired) electrons. The summed E-state index contributed by atoms with van der Waals surface area (Å²) in [6, 6.07) is 31.2. The topological polar surface area (TPSA) is 61.8 Å². The molecule has 0 spiro atoms. The number of benzene rings is 5. The van der Waals surface area contributed by atoms with Crippen molar-refractivity contribution in [3.63, 3.8) is 0 Å². The van der Waals surface area contributed by atoms with Gasteiger partial charge in [0.05, 0.1) is 12.7 Å². The first-order valence-electron chi connectivity index (χ1n) is 10.8. The standard InChI is InChI=1S/C28H19O5P/c1-30-28(29)20-9-6-10-21(17-20)31-34-32-24-15-13-18-7-2-4-11-22(18)26(24)27-23-12-5-3-8-19(23)14-16-25(27)33-34/h2-17H,1H3. The van der Waals surface area contributed by atoms with Gasteiger partial charge in [0.25, 0.3) is 0 Å². The van der Waals surface area contributed by atoms with E-state index >= 15 is 0 Å². The molecule has 0 bridgehead atoms. The number of carbonyl (C=O) groups is 1. The minimum Gasteiger partial charge on any atom is -0.465 e. The third kappa shape index (κ3) is 3.47. The van der Waals surface area contributed by atoms with Gasteiger partial charge in [0.15, 0.2) is 0 Å². The first-order chi connectivity index (χ1) is 16.7. The van der Waals surface area contributed by atoms with Crippen molar-refractivity contribution in [3.8, 4) is 5.75 Å². The summed E-state index contributed by atoms with van der Waals surface area (Å²) in [6.07, 6.45) is 0. The van der Waals surface area contributed by atoms with Crippen LogP contribution in [-0.4, -0.2) is 13.1 Å². The lowest BCUT2D eigenvalue weighted by molar-refractivity contribution is 0.0600. The Labute approximate surface area is 195 Å². The van der Waals surface area contributed by atoms with Crippen LogP contribution in [0.15, 0.2) is 105 Å². The molecule has 0 aliphatic carbocycles.